The van der Waals surface area contributed by atoms with E-state index in [-0.39, 0.29) is 29.8 Å². The molecular weight excluding hydrogens is 344 g/mol. The lowest BCUT2D eigenvalue weighted by Gasteiger charge is -2.43. The fraction of sp³-hybridized carbons (Fsp3) is 0.650. The van der Waals surface area contributed by atoms with Gasteiger partial charge in [-0.25, -0.2) is 4.79 Å². The zero-order chi connectivity index (χ0) is 19.4. The van der Waals surface area contributed by atoms with Gasteiger partial charge in [-0.15, -0.1) is 0 Å². The molecule has 2 atom stereocenters. The molecule has 1 aromatic carbocycles. The molecule has 1 aromatic rings. The van der Waals surface area contributed by atoms with E-state index in [0.717, 1.165) is 12.0 Å². The maximum Gasteiger partial charge on any atom is 0.410 e. The predicted molar refractivity (Wildman–Crippen MR) is 107 cm³/mol. The molecule has 0 spiro atoms. The molecule has 0 unspecified atom stereocenters. The van der Waals surface area contributed by atoms with Crippen molar-refractivity contribution in [1.29, 1.82) is 0 Å². The lowest BCUT2D eigenvalue weighted by molar-refractivity contribution is 0.0320. The maximum absolute atomic E-state index is 12.6. The Bertz CT molecular complexity index is 586. The third-order valence-corrected chi connectivity index (χ3v) is 10.1. The summed E-state index contributed by atoms with van der Waals surface area (Å²) in [5, 5.41) is 0.140. The molecule has 0 aliphatic carbocycles. The first-order valence-electron chi connectivity index (χ1n) is 9.46. The van der Waals surface area contributed by atoms with Crippen LogP contribution in [-0.4, -0.2) is 45.0 Å². The lowest BCUT2D eigenvalue weighted by atomic mass is 9.96. The number of hydrogen-bond acceptors (Lipinski definition) is 4. The number of hydrogen-bond donors (Lipinski definition) is 1. The molecular formula is C20H34N2O3Si. The molecule has 1 aliphatic heterocycles. The molecule has 1 amide bonds. The van der Waals surface area contributed by atoms with Crippen LogP contribution in [0, 0.1) is 5.92 Å². The van der Waals surface area contributed by atoms with Crippen LogP contribution in [0.5, 0.6) is 0 Å². The van der Waals surface area contributed by atoms with E-state index in [2.05, 4.69) is 33.9 Å². The number of carbonyl (C=O) groups is 1. The van der Waals surface area contributed by atoms with Crippen molar-refractivity contribution in [2.45, 2.75) is 58.0 Å². The summed E-state index contributed by atoms with van der Waals surface area (Å²) in [6.07, 6.45) is 0.657. The van der Waals surface area contributed by atoms with Crippen molar-refractivity contribution in [2.24, 2.45) is 11.7 Å². The van der Waals surface area contributed by atoms with Crippen molar-refractivity contribution in [3.8, 4) is 0 Å². The monoisotopic (exact) mass is 378 g/mol. The van der Waals surface area contributed by atoms with Gasteiger partial charge >= 0.3 is 6.09 Å². The van der Waals surface area contributed by atoms with Crippen LogP contribution < -0.4 is 5.73 Å². The minimum Gasteiger partial charge on any atom is -0.445 e. The van der Waals surface area contributed by atoms with Gasteiger partial charge in [-0.05, 0) is 42.6 Å². The standard InChI is InChI=1S/C20H34N2O3Si/c1-20(2,3)26(4,5)25-18-11-17(12-21)13-22(14-18)19(23)24-15-16-9-7-6-8-10-16/h6-10,17-18H,11-15,21H2,1-5H3/t17-,18-/m1/s1. The van der Waals surface area contributed by atoms with E-state index in [1.54, 1.807) is 4.90 Å². The van der Waals surface area contributed by atoms with Gasteiger partial charge in [-0.3, -0.25) is 0 Å². The second kappa shape index (κ2) is 8.54. The van der Waals surface area contributed by atoms with Crippen LogP contribution in [0.25, 0.3) is 0 Å². The molecule has 26 heavy (non-hydrogen) atoms. The van der Waals surface area contributed by atoms with Crippen molar-refractivity contribution < 1.29 is 14.0 Å². The van der Waals surface area contributed by atoms with Crippen molar-refractivity contribution in [3.05, 3.63) is 35.9 Å². The van der Waals surface area contributed by atoms with Crippen LogP contribution in [-0.2, 0) is 15.8 Å². The first-order chi connectivity index (χ1) is 12.1. The molecule has 2 rings (SSSR count). The SMILES string of the molecule is CC(C)(C)[Si](C)(C)O[C@@H]1C[C@H](CN)CN(C(=O)OCc2ccccc2)C1. The molecule has 1 fully saturated rings. The molecule has 6 heteroatoms. The summed E-state index contributed by atoms with van der Waals surface area (Å²) in [5.41, 5.74) is 6.91. The number of benzene rings is 1. The summed E-state index contributed by atoms with van der Waals surface area (Å²) < 4.78 is 12.1. The number of rotatable bonds is 5. The molecule has 1 saturated heterocycles. The van der Waals surface area contributed by atoms with Crippen molar-refractivity contribution in [2.75, 3.05) is 19.6 Å². The van der Waals surface area contributed by atoms with Crippen LogP contribution in [0.15, 0.2) is 30.3 Å². The first-order valence-corrected chi connectivity index (χ1v) is 12.4. The van der Waals surface area contributed by atoms with Crippen molar-refractivity contribution in [1.82, 2.24) is 4.90 Å². The number of piperidine rings is 1. The van der Waals surface area contributed by atoms with Gasteiger partial charge in [-0.1, -0.05) is 51.1 Å². The number of nitrogens with two attached hydrogens (primary N) is 1. The van der Waals surface area contributed by atoms with Crippen molar-refractivity contribution in [3.63, 3.8) is 0 Å². The van der Waals surface area contributed by atoms with Gasteiger partial charge in [0, 0.05) is 13.1 Å². The molecule has 0 bridgehead atoms. The number of likely N-dealkylation sites (tertiary alicyclic amines) is 1. The average Bonchev–Trinajstić information content (AvgIpc) is 2.58. The van der Waals surface area contributed by atoms with Crippen molar-refractivity contribution >= 4 is 14.4 Å². The van der Waals surface area contributed by atoms with Gasteiger partial charge in [0.05, 0.1) is 6.10 Å². The van der Waals surface area contributed by atoms with Gasteiger partial charge in [0.15, 0.2) is 8.32 Å². The number of nitrogens with zero attached hydrogens (tertiary/aromatic N) is 1. The molecule has 0 radical (unpaired) electrons. The number of carbonyl (C=O) groups excluding carboxylic acids is 1. The topological polar surface area (TPSA) is 64.8 Å². The number of amides is 1. The molecule has 1 aliphatic rings. The normalized spacial score (nSPS) is 21.5. The van der Waals surface area contributed by atoms with E-state index in [0.29, 0.717) is 19.6 Å². The summed E-state index contributed by atoms with van der Waals surface area (Å²) in [5.74, 6) is 0.253. The van der Waals surface area contributed by atoms with E-state index in [1.807, 2.05) is 30.3 Å². The molecule has 2 N–H and O–H groups in total. The van der Waals surface area contributed by atoms with E-state index in [4.69, 9.17) is 14.9 Å². The predicted octanol–water partition coefficient (Wildman–Crippen LogP) is 3.99. The van der Waals surface area contributed by atoms with Gasteiger partial charge < -0.3 is 19.8 Å². The Morgan fingerprint density at radius 2 is 1.88 bits per heavy atom. The summed E-state index contributed by atoms with van der Waals surface area (Å²) in [6.45, 7) is 13.3. The maximum atomic E-state index is 12.6. The highest BCUT2D eigenvalue weighted by Crippen LogP contribution is 2.38. The zero-order valence-corrected chi connectivity index (χ0v) is 17.8. The van der Waals surface area contributed by atoms with E-state index in [1.165, 1.54) is 0 Å². The summed E-state index contributed by atoms with van der Waals surface area (Å²) in [4.78, 5) is 14.3. The second-order valence-corrected chi connectivity index (χ2v) is 13.5. The Hall–Kier alpha value is -1.37. The Balaban J connectivity index is 1.98. The van der Waals surface area contributed by atoms with Crippen LogP contribution in [0.1, 0.15) is 32.8 Å². The minimum absolute atomic E-state index is 0.0301. The molecule has 1 heterocycles. The highest BCUT2D eigenvalue weighted by molar-refractivity contribution is 6.74. The zero-order valence-electron chi connectivity index (χ0n) is 16.8. The molecule has 5 nitrogen and oxygen atoms in total. The van der Waals surface area contributed by atoms with E-state index in [9.17, 15) is 4.79 Å². The number of ether oxygens (including phenoxy) is 1. The first kappa shape index (κ1) is 20.9. The Morgan fingerprint density at radius 3 is 2.46 bits per heavy atom. The second-order valence-electron chi connectivity index (χ2n) is 8.78. The third kappa shape index (κ3) is 5.56. The summed E-state index contributed by atoms with van der Waals surface area (Å²) in [7, 11) is -1.89. The highest BCUT2D eigenvalue weighted by atomic mass is 28.4. The fourth-order valence-electron chi connectivity index (χ4n) is 2.96. The lowest BCUT2D eigenvalue weighted by Crippen LogP contribution is -2.53. The van der Waals surface area contributed by atoms with Gasteiger partial charge in [0.25, 0.3) is 0 Å². The Kier molecular flexibility index (Phi) is 6.88. The third-order valence-electron chi connectivity index (χ3n) is 5.56. The summed E-state index contributed by atoms with van der Waals surface area (Å²) >= 11 is 0. The van der Waals surface area contributed by atoms with Gasteiger partial charge in [-0.2, -0.15) is 0 Å². The highest BCUT2D eigenvalue weighted by Gasteiger charge is 2.41. The Labute approximate surface area is 159 Å². The van der Waals surface area contributed by atoms with Crippen LogP contribution in [0.4, 0.5) is 4.79 Å². The van der Waals surface area contributed by atoms with Crippen LogP contribution in [0.3, 0.4) is 0 Å². The van der Waals surface area contributed by atoms with E-state index < -0.39 is 8.32 Å². The van der Waals surface area contributed by atoms with E-state index >= 15 is 0 Å². The largest absolute Gasteiger partial charge is 0.445 e. The Morgan fingerprint density at radius 1 is 1.23 bits per heavy atom. The molecule has 0 aromatic heterocycles. The average molecular weight is 379 g/mol. The van der Waals surface area contributed by atoms with Crippen LogP contribution in [0.2, 0.25) is 18.1 Å². The minimum atomic E-state index is -1.89. The van der Waals surface area contributed by atoms with Crippen LogP contribution >= 0.6 is 0 Å². The fourth-order valence-corrected chi connectivity index (χ4v) is 4.32. The molecule has 146 valence electrons. The van der Waals surface area contributed by atoms with Gasteiger partial charge in [0.2, 0.25) is 0 Å². The quantitative estimate of drug-likeness (QED) is 0.787. The summed E-state index contributed by atoms with van der Waals surface area (Å²) in [6, 6.07) is 9.74. The smallest absolute Gasteiger partial charge is 0.410 e. The molecule has 0 saturated carbocycles. The van der Waals surface area contributed by atoms with Gasteiger partial charge in [0.1, 0.15) is 6.61 Å².